The lowest BCUT2D eigenvalue weighted by Crippen LogP contribution is -2.59. The van der Waals surface area contributed by atoms with Gasteiger partial charge in [-0.05, 0) is 68.1 Å². The van der Waals surface area contributed by atoms with E-state index < -0.39 is 52.6 Å². The molecule has 2 aliphatic heterocycles. The molecule has 0 unspecified atom stereocenters. The number of carbonyl (C=O) groups excluding carboxylic acids is 5. The van der Waals surface area contributed by atoms with Crippen molar-refractivity contribution in [1.29, 1.82) is 0 Å². The van der Waals surface area contributed by atoms with E-state index in [0.717, 1.165) is 44.1 Å². The van der Waals surface area contributed by atoms with Crippen LogP contribution in [-0.4, -0.2) is 83.4 Å². The minimum absolute atomic E-state index is 0.0124. The van der Waals surface area contributed by atoms with Crippen LogP contribution in [0.25, 0.3) is 0 Å². The van der Waals surface area contributed by atoms with Crippen molar-refractivity contribution in [2.24, 2.45) is 16.5 Å². The van der Waals surface area contributed by atoms with Crippen LogP contribution >= 0.6 is 11.6 Å². The number of Topliss-reactive ketones (excluding diaryl/α,β-unsaturated/α-hetero) is 1. The Balaban J connectivity index is 1.41. The van der Waals surface area contributed by atoms with E-state index in [-0.39, 0.29) is 43.7 Å². The fourth-order valence-electron chi connectivity index (χ4n) is 7.48. The zero-order chi connectivity index (χ0) is 37.1. The molecule has 1 aromatic carbocycles. The molecule has 3 N–H and O–H groups in total. The summed E-state index contributed by atoms with van der Waals surface area (Å²) < 4.78 is 5.63. The van der Waals surface area contributed by atoms with Gasteiger partial charge in [-0.3, -0.25) is 24.0 Å². The van der Waals surface area contributed by atoms with Crippen molar-refractivity contribution < 1.29 is 33.5 Å². The van der Waals surface area contributed by atoms with Crippen LogP contribution in [-0.2, 0) is 28.8 Å². The predicted octanol–water partition coefficient (Wildman–Crippen LogP) is 4.76. The van der Waals surface area contributed by atoms with Gasteiger partial charge in [-0.2, -0.15) is 0 Å². The molecule has 0 radical (unpaired) electrons. The number of likely N-dealkylation sites (tertiary alicyclic amines) is 1. The van der Waals surface area contributed by atoms with Crippen molar-refractivity contribution in [3.63, 3.8) is 0 Å². The summed E-state index contributed by atoms with van der Waals surface area (Å²) in [6.07, 6.45) is 8.48. The number of nitrogens with zero attached hydrogens (tertiary/aromatic N) is 2. The summed E-state index contributed by atoms with van der Waals surface area (Å²) in [6.45, 7) is 9.40. The molecule has 0 bridgehead atoms. The molecule has 1 saturated heterocycles. The van der Waals surface area contributed by atoms with Crippen LogP contribution in [0.3, 0.4) is 0 Å². The molecule has 2 aliphatic carbocycles. The average molecular weight is 728 g/mol. The van der Waals surface area contributed by atoms with E-state index in [1.165, 1.54) is 11.3 Å². The molecule has 0 aromatic heterocycles. The van der Waals surface area contributed by atoms with Crippen LogP contribution in [0.4, 0.5) is 0 Å². The number of hydrogen-bond donors (Lipinski definition) is 3. The van der Waals surface area contributed by atoms with Crippen molar-refractivity contribution in [1.82, 2.24) is 20.9 Å². The quantitative estimate of drug-likeness (QED) is 0.248. The lowest BCUT2D eigenvalue weighted by molar-refractivity contribution is -0.145. The van der Waals surface area contributed by atoms with Crippen LogP contribution < -0.4 is 20.7 Å². The maximum atomic E-state index is 14.7. The van der Waals surface area contributed by atoms with Crippen molar-refractivity contribution in [2.75, 3.05) is 13.7 Å². The van der Waals surface area contributed by atoms with Crippen molar-refractivity contribution >= 4 is 46.7 Å². The standard InChI is InChI=1S/C38H54ClN5O7/c1-7-11-27(32(46)35(48)40-24-14-15-24)41-34(47)29-20-38(19-28(43-51-38)25-18-26(39)22(2)16-30(25)50-6)21-44(29)36(49)33(37(3,4)5)42-31(45)17-23-12-9-8-10-13-23/h16,18,23-24,27,29,33H,7-15,17,19-21H2,1-6H3,(H,40,48)(H,41,47)(H,42,45)/t27-,29-,33+,38+/m0/s1. The normalized spacial score (nSPS) is 23.2. The third kappa shape index (κ3) is 9.23. The lowest BCUT2D eigenvalue weighted by atomic mass is 9.84. The van der Waals surface area contributed by atoms with Gasteiger partial charge in [0.15, 0.2) is 5.60 Å². The number of halogens is 1. The molecule has 4 atom stereocenters. The number of ketones is 1. The Labute approximate surface area is 306 Å². The summed E-state index contributed by atoms with van der Waals surface area (Å²) in [4.78, 5) is 75.8. The summed E-state index contributed by atoms with van der Waals surface area (Å²) in [7, 11) is 1.56. The molecule has 13 heteroatoms. The second-order valence-electron chi connectivity index (χ2n) is 16.0. The Hall–Kier alpha value is -3.67. The van der Waals surface area contributed by atoms with Gasteiger partial charge < -0.3 is 30.4 Å². The Morgan fingerprint density at radius 2 is 1.78 bits per heavy atom. The van der Waals surface area contributed by atoms with Crippen molar-refractivity contribution in [3.05, 3.63) is 28.3 Å². The van der Waals surface area contributed by atoms with Crippen LogP contribution in [0.1, 0.15) is 116 Å². The minimum Gasteiger partial charge on any atom is -0.496 e. The fourth-order valence-corrected chi connectivity index (χ4v) is 7.64. The molecule has 4 amide bonds. The number of hydrogen-bond acceptors (Lipinski definition) is 8. The van der Waals surface area contributed by atoms with E-state index in [1.807, 2.05) is 40.7 Å². The van der Waals surface area contributed by atoms with Crippen LogP contribution in [0, 0.1) is 18.3 Å². The minimum atomic E-state index is -1.07. The topological polar surface area (TPSA) is 156 Å². The molecule has 12 nitrogen and oxygen atoms in total. The summed E-state index contributed by atoms with van der Waals surface area (Å²) in [6, 6.07) is 0.521. The van der Waals surface area contributed by atoms with E-state index >= 15 is 0 Å². The first-order valence-electron chi connectivity index (χ1n) is 18.5. The highest BCUT2D eigenvalue weighted by Crippen LogP contribution is 2.42. The van der Waals surface area contributed by atoms with E-state index in [9.17, 15) is 24.0 Å². The SMILES string of the molecule is CCC[C@H](NC(=O)[C@@H]1C[C@]2(CC(c3cc(Cl)c(C)cc3OC)=NO2)CN1C(=O)[C@@H](NC(=O)CC1CCCCC1)C(C)(C)C)C(=O)C(=O)NC1CC1. The Morgan fingerprint density at radius 1 is 1.08 bits per heavy atom. The second-order valence-corrected chi connectivity index (χ2v) is 16.4. The van der Waals surface area contributed by atoms with Crippen molar-refractivity contribution in [2.45, 2.75) is 141 Å². The van der Waals surface area contributed by atoms with Crippen LogP contribution in [0.15, 0.2) is 17.3 Å². The number of benzene rings is 1. The first-order chi connectivity index (χ1) is 24.1. The Morgan fingerprint density at radius 3 is 2.41 bits per heavy atom. The molecular weight excluding hydrogens is 674 g/mol. The van der Waals surface area contributed by atoms with Gasteiger partial charge in [0, 0.05) is 35.9 Å². The second kappa shape index (κ2) is 15.9. The number of ether oxygens (including phenoxy) is 1. The van der Waals surface area contributed by atoms with Gasteiger partial charge >= 0.3 is 0 Å². The number of aryl methyl sites for hydroxylation is 1. The molecule has 2 heterocycles. The maximum Gasteiger partial charge on any atom is 0.289 e. The highest BCUT2D eigenvalue weighted by atomic mass is 35.5. The largest absolute Gasteiger partial charge is 0.496 e. The average Bonchev–Trinajstić information content (AvgIpc) is 3.68. The lowest BCUT2D eigenvalue weighted by Gasteiger charge is -2.36. The Bertz CT molecular complexity index is 1550. The van der Waals surface area contributed by atoms with Gasteiger partial charge in [-0.25, -0.2) is 0 Å². The Kier molecular flexibility index (Phi) is 12.0. The molecular formula is C38H54ClN5O7. The third-order valence-electron chi connectivity index (χ3n) is 10.6. The highest BCUT2D eigenvalue weighted by Gasteiger charge is 2.56. The molecule has 4 aliphatic rings. The van der Waals surface area contributed by atoms with Gasteiger partial charge in [0.05, 0.1) is 25.4 Å². The maximum absolute atomic E-state index is 14.7. The van der Waals surface area contributed by atoms with E-state index in [2.05, 4.69) is 21.1 Å². The number of methoxy groups -OCH3 is 1. The molecule has 1 spiro atoms. The molecule has 280 valence electrons. The smallest absolute Gasteiger partial charge is 0.289 e. The van der Waals surface area contributed by atoms with Gasteiger partial charge in [-0.15, -0.1) is 0 Å². The summed E-state index contributed by atoms with van der Waals surface area (Å²) in [5.74, 6) is -1.76. The molecule has 2 saturated carbocycles. The zero-order valence-electron chi connectivity index (χ0n) is 30.9. The number of amides is 4. The van der Waals surface area contributed by atoms with E-state index in [0.29, 0.717) is 34.9 Å². The molecule has 51 heavy (non-hydrogen) atoms. The monoisotopic (exact) mass is 727 g/mol. The molecule has 3 fully saturated rings. The predicted molar refractivity (Wildman–Crippen MR) is 193 cm³/mol. The number of carbonyl (C=O) groups is 5. The first-order valence-corrected chi connectivity index (χ1v) is 18.9. The fraction of sp³-hybridized carbons (Fsp3) is 0.684. The van der Waals surface area contributed by atoms with Crippen LogP contribution in [0.5, 0.6) is 5.75 Å². The van der Waals surface area contributed by atoms with E-state index in [4.69, 9.17) is 21.2 Å². The van der Waals surface area contributed by atoms with Gasteiger partial charge in [-0.1, -0.05) is 70.1 Å². The third-order valence-corrected chi connectivity index (χ3v) is 11.0. The number of oxime groups is 1. The first kappa shape index (κ1) is 38.6. The van der Waals surface area contributed by atoms with Crippen LogP contribution in [0.2, 0.25) is 5.02 Å². The van der Waals surface area contributed by atoms with Crippen molar-refractivity contribution in [3.8, 4) is 5.75 Å². The van der Waals surface area contributed by atoms with Gasteiger partial charge in [0.1, 0.15) is 17.8 Å². The van der Waals surface area contributed by atoms with Gasteiger partial charge in [0.25, 0.3) is 5.91 Å². The molecule has 5 rings (SSSR count). The van der Waals surface area contributed by atoms with E-state index in [1.54, 1.807) is 13.2 Å². The summed E-state index contributed by atoms with van der Waals surface area (Å²) in [5.41, 5.74) is 0.278. The van der Waals surface area contributed by atoms with Gasteiger partial charge in [0.2, 0.25) is 23.5 Å². The highest BCUT2D eigenvalue weighted by molar-refractivity contribution is 6.38. The number of rotatable bonds is 13. The zero-order valence-corrected chi connectivity index (χ0v) is 31.6. The molecule has 1 aromatic rings. The summed E-state index contributed by atoms with van der Waals surface area (Å²) >= 11 is 6.49. The number of nitrogens with one attached hydrogen (secondary N) is 3. The summed E-state index contributed by atoms with van der Waals surface area (Å²) in [5, 5.41) is 13.5.